The first-order chi connectivity index (χ1) is 12.8. The van der Waals surface area contributed by atoms with E-state index in [4.69, 9.17) is 4.74 Å². The highest BCUT2D eigenvalue weighted by Gasteiger charge is 2.09. The van der Waals surface area contributed by atoms with Crippen LogP contribution in [0.3, 0.4) is 0 Å². The van der Waals surface area contributed by atoms with Crippen LogP contribution in [0.4, 0.5) is 0 Å². The monoisotopic (exact) mass is 362 g/mol. The molecule has 0 radical (unpaired) electrons. The number of phenols is 1. The molecule has 0 aliphatic carbocycles. The highest BCUT2D eigenvalue weighted by atomic mass is 16.5. The van der Waals surface area contributed by atoms with E-state index in [1.165, 1.54) is 76.2 Å². The lowest BCUT2D eigenvalue weighted by Crippen LogP contribution is -2.15. The molecule has 0 saturated heterocycles. The minimum Gasteiger partial charge on any atom is -0.508 e. The van der Waals surface area contributed by atoms with E-state index >= 15 is 0 Å². The lowest BCUT2D eigenvalue weighted by atomic mass is 10.0. The Hall–Kier alpha value is -1.02. The van der Waals surface area contributed by atoms with Gasteiger partial charge in [-0.15, -0.1) is 0 Å². The number of hydrogen-bond donors (Lipinski definition) is 1. The fourth-order valence-corrected chi connectivity index (χ4v) is 3.49. The van der Waals surface area contributed by atoms with Crippen molar-refractivity contribution in [2.75, 3.05) is 6.61 Å². The minimum atomic E-state index is 0.364. The summed E-state index contributed by atoms with van der Waals surface area (Å²) in [5, 5.41) is 9.59. The summed E-state index contributed by atoms with van der Waals surface area (Å²) >= 11 is 0. The first-order valence-electron chi connectivity index (χ1n) is 11.2. The first-order valence-corrected chi connectivity index (χ1v) is 11.2. The SMILES string of the molecule is CCCCCCCCCCCCC(CCc1cccc(O)c1)OCCC. The van der Waals surface area contributed by atoms with Crippen LogP contribution in [0.25, 0.3) is 0 Å². The normalized spacial score (nSPS) is 12.4. The molecule has 26 heavy (non-hydrogen) atoms. The Bertz CT molecular complexity index is 430. The largest absolute Gasteiger partial charge is 0.508 e. The lowest BCUT2D eigenvalue weighted by Gasteiger charge is -2.18. The highest BCUT2D eigenvalue weighted by Crippen LogP contribution is 2.18. The number of hydrogen-bond acceptors (Lipinski definition) is 2. The van der Waals surface area contributed by atoms with Gasteiger partial charge >= 0.3 is 0 Å². The quantitative estimate of drug-likeness (QED) is 0.292. The smallest absolute Gasteiger partial charge is 0.115 e. The Balaban J connectivity index is 2.11. The molecule has 0 aromatic heterocycles. The van der Waals surface area contributed by atoms with Gasteiger partial charge in [0.2, 0.25) is 0 Å². The Labute approximate surface area is 162 Å². The predicted molar refractivity (Wildman–Crippen MR) is 113 cm³/mol. The third kappa shape index (κ3) is 12.4. The van der Waals surface area contributed by atoms with Crippen molar-refractivity contribution in [3.05, 3.63) is 29.8 Å². The number of rotatable bonds is 17. The number of unbranched alkanes of at least 4 members (excludes halogenated alkanes) is 9. The van der Waals surface area contributed by atoms with E-state index in [1.54, 1.807) is 6.07 Å². The van der Waals surface area contributed by atoms with Crippen LogP contribution < -0.4 is 0 Å². The highest BCUT2D eigenvalue weighted by molar-refractivity contribution is 5.27. The summed E-state index contributed by atoms with van der Waals surface area (Å²) in [6.45, 7) is 5.32. The maximum Gasteiger partial charge on any atom is 0.115 e. The molecule has 0 amide bonds. The maximum absolute atomic E-state index is 9.59. The van der Waals surface area contributed by atoms with Gasteiger partial charge < -0.3 is 9.84 Å². The summed E-state index contributed by atoms with van der Waals surface area (Å²) in [7, 11) is 0. The van der Waals surface area contributed by atoms with Gasteiger partial charge in [0.15, 0.2) is 0 Å². The Kier molecular flexibility index (Phi) is 14.3. The Morgan fingerprint density at radius 3 is 2.08 bits per heavy atom. The second kappa shape index (κ2) is 16.2. The van der Waals surface area contributed by atoms with Gasteiger partial charge in [-0.2, -0.15) is 0 Å². The van der Waals surface area contributed by atoms with Crippen molar-refractivity contribution in [2.45, 2.75) is 110 Å². The van der Waals surface area contributed by atoms with E-state index in [2.05, 4.69) is 19.9 Å². The van der Waals surface area contributed by atoms with Crippen LogP contribution in [0, 0.1) is 0 Å². The van der Waals surface area contributed by atoms with E-state index in [0.29, 0.717) is 11.9 Å². The summed E-state index contributed by atoms with van der Waals surface area (Å²) in [6.07, 6.45) is 18.5. The van der Waals surface area contributed by atoms with E-state index in [1.807, 2.05) is 12.1 Å². The third-order valence-electron chi connectivity index (χ3n) is 5.10. The van der Waals surface area contributed by atoms with Crippen LogP contribution >= 0.6 is 0 Å². The molecule has 0 fully saturated rings. The summed E-state index contributed by atoms with van der Waals surface area (Å²) in [4.78, 5) is 0. The van der Waals surface area contributed by atoms with Gasteiger partial charge in [-0.05, 0) is 43.4 Å². The molecule has 1 N–H and O–H groups in total. The number of aromatic hydroxyl groups is 1. The van der Waals surface area contributed by atoms with Crippen molar-refractivity contribution in [3.8, 4) is 5.75 Å². The number of phenolic OH excluding ortho intramolecular Hbond substituents is 1. The Morgan fingerprint density at radius 1 is 0.808 bits per heavy atom. The fourth-order valence-electron chi connectivity index (χ4n) is 3.49. The van der Waals surface area contributed by atoms with Crippen LogP contribution in [-0.4, -0.2) is 17.8 Å². The maximum atomic E-state index is 9.59. The zero-order valence-corrected chi connectivity index (χ0v) is 17.3. The standard InChI is InChI=1S/C24H42O2/c1-3-5-6-7-8-9-10-11-12-13-17-24(26-20-4-2)19-18-22-15-14-16-23(25)21-22/h14-16,21,24-25H,3-13,17-20H2,1-2H3. The molecule has 1 atom stereocenters. The molecule has 0 aliphatic heterocycles. The van der Waals surface area contributed by atoms with E-state index in [-0.39, 0.29) is 0 Å². The molecule has 1 aromatic carbocycles. The van der Waals surface area contributed by atoms with Gasteiger partial charge in [-0.1, -0.05) is 90.2 Å². The van der Waals surface area contributed by atoms with Crippen LogP contribution in [0.5, 0.6) is 5.75 Å². The zero-order valence-electron chi connectivity index (χ0n) is 17.3. The van der Waals surface area contributed by atoms with E-state index in [0.717, 1.165) is 25.9 Å². The number of ether oxygens (including phenoxy) is 1. The molecule has 2 heteroatoms. The van der Waals surface area contributed by atoms with Gasteiger partial charge in [-0.3, -0.25) is 0 Å². The first kappa shape index (κ1) is 23.0. The van der Waals surface area contributed by atoms with Gasteiger partial charge in [0, 0.05) is 6.61 Å². The van der Waals surface area contributed by atoms with Crippen LogP contribution in [0.15, 0.2) is 24.3 Å². The average Bonchev–Trinajstić information content (AvgIpc) is 2.65. The van der Waals surface area contributed by atoms with E-state index in [9.17, 15) is 5.11 Å². The number of benzene rings is 1. The molecule has 1 rings (SSSR count). The molecule has 2 nitrogen and oxygen atoms in total. The Morgan fingerprint density at radius 2 is 1.46 bits per heavy atom. The topological polar surface area (TPSA) is 29.5 Å². The van der Waals surface area contributed by atoms with Crippen molar-refractivity contribution in [1.29, 1.82) is 0 Å². The molecule has 0 aliphatic rings. The van der Waals surface area contributed by atoms with Gasteiger partial charge in [0.05, 0.1) is 6.10 Å². The molecule has 1 unspecified atom stereocenters. The summed E-state index contributed by atoms with van der Waals surface area (Å²) in [6, 6.07) is 7.63. The van der Waals surface area contributed by atoms with Crippen molar-refractivity contribution in [2.24, 2.45) is 0 Å². The van der Waals surface area contributed by atoms with Crippen molar-refractivity contribution in [3.63, 3.8) is 0 Å². The van der Waals surface area contributed by atoms with Crippen LogP contribution in [0.1, 0.15) is 103 Å². The molecule has 150 valence electrons. The molecule has 0 saturated carbocycles. The number of aryl methyl sites for hydroxylation is 1. The summed E-state index contributed by atoms with van der Waals surface area (Å²) in [5.41, 5.74) is 1.21. The van der Waals surface area contributed by atoms with Crippen molar-refractivity contribution >= 4 is 0 Å². The van der Waals surface area contributed by atoms with Crippen molar-refractivity contribution < 1.29 is 9.84 Å². The van der Waals surface area contributed by atoms with E-state index < -0.39 is 0 Å². The van der Waals surface area contributed by atoms with Gasteiger partial charge in [0.25, 0.3) is 0 Å². The predicted octanol–water partition coefficient (Wildman–Crippen LogP) is 7.43. The third-order valence-corrected chi connectivity index (χ3v) is 5.10. The molecule has 0 bridgehead atoms. The average molecular weight is 363 g/mol. The molecular formula is C24H42O2. The molecule has 0 heterocycles. The summed E-state index contributed by atoms with van der Waals surface area (Å²) in [5.74, 6) is 0.364. The fraction of sp³-hybridized carbons (Fsp3) is 0.750. The molecule has 1 aromatic rings. The second-order valence-corrected chi connectivity index (χ2v) is 7.67. The van der Waals surface area contributed by atoms with Crippen molar-refractivity contribution in [1.82, 2.24) is 0 Å². The minimum absolute atomic E-state index is 0.364. The van der Waals surface area contributed by atoms with Gasteiger partial charge in [-0.25, -0.2) is 0 Å². The summed E-state index contributed by atoms with van der Waals surface area (Å²) < 4.78 is 6.06. The second-order valence-electron chi connectivity index (χ2n) is 7.67. The lowest BCUT2D eigenvalue weighted by molar-refractivity contribution is 0.0405. The van der Waals surface area contributed by atoms with Crippen LogP contribution in [-0.2, 0) is 11.2 Å². The molecular weight excluding hydrogens is 320 g/mol. The van der Waals surface area contributed by atoms with Gasteiger partial charge in [0.1, 0.15) is 5.75 Å². The zero-order chi connectivity index (χ0) is 18.9. The van der Waals surface area contributed by atoms with Crippen LogP contribution in [0.2, 0.25) is 0 Å². The molecule has 0 spiro atoms.